The third kappa shape index (κ3) is 4.65. The lowest BCUT2D eigenvalue weighted by Gasteiger charge is -2.42. The van der Waals surface area contributed by atoms with E-state index in [4.69, 9.17) is 9.47 Å². The van der Waals surface area contributed by atoms with Gasteiger partial charge in [0.25, 0.3) is 0 Å². The predicted molar refractivity (Wildman–Crippen MR) is 101 cm³/mol. The van der Waals surface area contributed by atoms with Crippen LogP contribution in [0.4, 0.5) is 22.4 Å². The fourth-order valence-corrected chi connectivity index (χ4v) is 4.45. The van der Waals surface area contributed by atoms with Crippen molar-refractivity contribution in [2.75, 3.05) is 32.8 Å². The molecule has 0 saturated carbocycles. The van der Waals surface area contributed by atoms with Crippen LogP contribution >= 0.6 is 0 Å². The number of piperidine rings is 1. The molecule has 0 bridgehead atoms. The summed E-state index contributed by atoms with van der Waals surface area (Å²) in [6, 6.07) is -0.495. The third-order valence-corrected chi connectivity index (χ3v) is 6.11. The molecule has 172 valence electrons. The van der Waals surface area contributed by atoms with Gasteiger partial charge in [0.1, 0.15) is 18.5 Å². The summed E-state index contributed by atoms with van der Waals surface area (Å²) < 4.78 is 64.7. The number of nitrogens with zero attached hydrogens (tertiary/aromatic N) is 2. The summed E-state index contributed by atoms with van der Waals surface area (Å²) in [5.41, 5.74) is -0.922. The van der Waals surface area contributed by atoms with Gasteiger partial charge in [-0.25, -0.2) is 9.18 Å². The summed E-state index contributed by atoms with van der Waals surface area (Å²) in [5.74, 6) is -1.51. The number of halogens is 4. The van der Waals surface area contributed by atoms with E-state index in [0.29, 0.717) is 38.6 Å². The van der Waals surface area contributed by atoms with Crippen molar-refractivity contribution in [2.45, 2.75) is 50.4 Å². The first-order valence-corrected chi connectivity index (χ1v) is 10.4. The van der Waals surface area contributed by atoms with Crippen molar-refractivity contribution in [3.63, 3.8) is 0 Å². The van der Waals surface area contributed by atoms with Gasteiger partial charge in [-0.1, -0.05) is 13.0 Å². The second-order valence-corrected chi connectivity index (χ2v) is 8.44. The molecule has 3 heterocycles. The van der Waals surface area contributed by atoms with Crippen molar-refractivity contribution in [3.8, 4) is 0 Å². The lowest BCUT2D eigenvalue weighted by Crippen LogP contribution is -2.62. The highest BCUT2D eigenvalue weighted by Crippen LogP contribution is 2.36. The highest BCUT2D eigenvalue weighted by molar-refractivity contribution is 5.79. The van der Waals surface area contributed by atoms with Gasteiger partial charge >= 0.3 is 12.2 Å². The van der Waals surface area contributed by atoms with Crippen LogP contribution in [0.1, 0.15) is 19.8 Å². The summed E-state index contributed by atoms with van der Waals surface area (Å²) in [4.78, 5) is 27.6. The first-order valence-electron chi connectivity index (χ1n) is 10.4. The van der Waals surface area contributed by atoms with Crippen molar-refractivity contribution in [2.24, 2.45) is 5.92 Å². The molecule has 0 aromatic heterocycles. The van der Waals surface area contributed by atoms with Crippen LogP contribution in [-0.2, 0) is 14.3 Å². The first kappa shape index (κ1) is 21.9. The van der Waals surface area contributed by atoms with E-state index in [1.807, 2.05) is 0 Å². The van der Waals surface area contributed by atoms with Crippen molar-refractivity contribution in [3.05, 3.63) is 23.5 Å². The van der Waals surface area contributed by atoms with Crippen molar-refractivity contribution >= 4 is 11.9 Å². The maximum Gasteiger partial charge on any atom is 0.416 e. The number of fused-ring (bicyclic) bond motifs is 1. The van der Waals surface area contributed by atoms with Gasteiger partial charge < -0.3 is 24.6 Å². The van der Waals surface area contributed by atoms with Gasteiger partial charge in [-0.15, -0.1) is 0 Å². The monoisotopic (exact) mass is 447 g/mol. The van der Waals surface area contributed by atoms with E-state index in [9.17, 15) is 27.2 Å². The van der Waals surface area contributed by atoms with Crippen molar-refractivity contribution in [1.29, 1.82) is 0 Å². The van der Waals surface area contributed by atoms with Gasteiger partial charge in [-0.05, 0) is 12.5 Å². The largest absolute Gasteiger partial charge is 0.490 e. The number of amides is 3. The predicted octanol–water partition coefficient (Wildman–Crippen LogP) is 2.15. The molecule has 3 amide bonds. The molecule has 3 fully saturated rings. The zero-order valence-corrected chi connectivity index (χ0v) is 17.0. The van der Waals surface area contributed by atoms with E-state index >= 15 is 0 Å². The van der Waals surface area contributed by atoms with E-state index in [-0.39, 0.29) is 43.0 Å². The molecule has 1 N–H and O–H groups in total. The Labute approximate surface area is 177 Å². The minimum Gasteiger partial charge on any atom is -0.490 e. The number of carbonyl (C=O) groups excluding carboxylic acids is 2. The molecule has 11 heteroatoms. The zero-order chi connectivity index (χ0) is 22.3. The molecule has 0 radical (unpaired) electrons. The highest BCUT2D eigenvalue weighted by atomic mass is 19.4. The number of rotatable bonds is 2. The summed E-state index contributed by atoms with van der Waals surface area (Å²) in [7, 11) is 0. The Morgan fingerprint density at radius 3 is 2.68 bits per heavy atom. The average Bonchev–Trinajstić information content (AvgIpc) is 3.17. The van der Waals surface area contributed by atoms with Crippen LogP contribution in [-0.4, -0.2) is 85.1 Å². The number of hydrogen-bond acceptors (Lipinski definition) is 4. The molecule has 5 atom stereocenters. The maximum absolute atomic E-state index is 14.5. The van der Waals surface area contributed by atoms with Crippen molar-refractivity contribution < 1.29 is 36.6 Å². The van der Waals surface area contributed by atoms with Crippen LogP contribution in [0.15, 0.2) is 23.5 Å². The van der Waals surface area contributed by atoms with Crippen LogP contribution in [0.3, 0.4) is 0 Å². The number of carbonyl (C=O) groups is 2. The van der Waals surface area contributed by atoms with E-state index in [0.717, 1.165) is 6.08 Å². The average molecular weight is 447 g/mol. The Bertz CT molecular complexity index is 800. The number of nitrogens with one attached hydrogen (secondary N) is 1. The molecule has 3 saturated heterocycles. The second-order valence-electron chi connectivity index (χ2n) is 8.44. The molecule has 0 spiro atoms. The Balaban J connectivity index is 1.35. The number of alkyl halides is 4. The molecule has 31 heavy (non-hydrogen) atoms. The Hall–Kier alpha value is -2.30. The number of ether oxygens (including phenoxy) is 2. The van der Waals surface area contributed by atoms with Crippen LogP contribution < -0.4 is 5.32 Å². The molecule has 0 aromatic rings. The van der Waals surface area contributed by atoms with Crippen LogP contribution in [0, 0.1) is 5.92 Å². The van der Waals surface area contributed by atoms with E-state index in [1.54, 1.807) is 9.80 Å². The van der Waals surface area contributed by atoms with Crippen LogP contribution in [0.2, 0.25) is 0 Å². The topological polar surface area (TPSA) is 71.1 Å². The second kappa shape index (κ2) is 8.33. The number of urea groups is 1. The van der Waals surface area contributed by atoms with Gasteiger partial charge in [-0.2, -0.15) is 13.2 Å². The van der Waals surface area contributed by atoms with Gasteiger partial charge in [0.2, 0.25) is 5.91 Å². The number of morpholine rings is 1. The first-order chi connectivity index (χ1) is 14.6. The molecular formula is C20H25F4N3O4. The molecule has 1 aliphatic carbocycles. The molecular weight excluding hydrogens is 422 g/mol. The Morgan fingerprint density at radius 2 is 1.94 bits per heavy atom. The molecule has 0 aromatic carbocycles. The zero-order valence-electron chi connectivity index (χ0n) is 17.0. The van der Waals surface area contributed by atoms with Gasteiger partial charge in [0.15, 0.2) is 6.17 Å². The van der Waals surface area contributed by atoms with Gasteiger partial charge in [0, 0.05) is 32.0 Å². The third-order valence-electron chi connectivity index (χ3n) is 6.11. The summed E-state index contributed by atoms with van der Waals surface area (Å²) in [6.07, 6.45) is -4.36. The van der Waals surface area contributed by atoms with Gasteiger partial charge in [-0.3, -0.25) is 4.79 Å². The SMILES string of the molecule is CC1C=C(C(F)(F)F)C=C(OC2CCN(C(=O)N3CC[C@@H]4OCC(=O)N[C@@H]4C3)C2)C1F. The molecule has 3 unspecified atom stereocenters. The van der Waals surface area contributed by atoms with E-state index < -0.39 is 29.9 Å². The number of likely N-dealkylation sites (tertiary alicyclic amines) is 2. The highest BCUT2D eigenvalue weighted by Gasteiger charge is 2.41. The summed E-state index contributed by atoms with van der Waals surface area (Å²) in [6.45, 7) is 2.72. The van der Waals surface area contributed by atoms with Crippen LogP contribution in [0.25, 0.3) is 0 Å². The van der Waals surface area contributed by atoms with Crippen LogP contribution in [0.5, 0.6) is 0 Å². The molecule has 3 aliphatic heterocycles. The van der Waals surface area contributed by atoms with E-state index in [2.05, 4.69) is 5.32 Å². The smallest absolute Gasteiger partial charge is 0.416 e. The fraction of sp³-hybridized carbons (Fsp3) is 0.700. The minimum absolute atomic E-state index is 0.0233. The number of allylic oxidation sites excluding steroid dienone is 4. The standard InChI is InChI=1S/C20H25F4N3O4/c1-11-6-12(20(22,23)24)7-16(18(11)21)31-13-2-4-26(8-13)19(29)27-5-3-15-14(9-27)25-17(28)10-30-15/h6-7,11,13-15,18H,2-5,8-10H2,1H3,(H,25,28)/t11?,13?,14-,15+,18?/m1/s1. The molecule has 4 aliphatic rings. The molecule has 7 nitrogen and oxygen atoms in total. The molecule has 4 rings (SSSR count). The number of hydrogen-bond donors (Lipinski definition) is 1. The van der Waals surface area contributed by atoms with Gasteiger partial charge in [0.05, 0.1) is 24.3 Å². The van der Waals surface area contributed by atoms with E-state index in [1.165, 1.54) is 6.92 Å². The van der Waals surface area contributed by atoms with Crippen molar-refractivity contribution in [1.82, 2.24) is 15.1 Å². The normalized spacial score (nSPS) is 34.0. The quantitative estimate of drug-likeness (QED) is 0.659. The summed E-state index contributed by atoms with van der Waals surface area (Å²) >= 11 is 0. The Kier molecular flexibility index (Phi) is 5.89. The minimum atomic E-state index is -4.58. The summed E-state index contributed by atoms with van der Waals surface area (Å²) in [5, 5.41) is 2.83. The Morgan fingerprint density at radius 1 is 1.23 bits per heavy atom. The maximum atomic E-state index is 14.5. The lowest BCUT2D eigenvalue weighted by molar-refractivity contribution is -0.139. The fourth-order valence-electron chi connectivity index (χ4n) is 4.45. The lowest BCUT2D eigenvalue weighted by atomic mass is 9.94.